The largest absolute Gasteiger partial charge is 0.493 e. The molecule has 3 rings (SSSR count). The van der Waals surface area contributed by atoms with E-state index < -0.39 is 5.97 Å². The summed E-state index contributed by atoms with van der Waals surface area (Å²) >= 11 is 3.46. The molecule has 0 fully saturated rings. The highest BCUT2D eigenvalue weighted by Gasteiger charge is 2.19. The summed E-state index contributed by atoms with van der Waals surface area (Å²) in [6, 6.07) is 4.84. The van der Waals surface area contributed by atoms with Crippen molar-refractivity contribution in [2.75, 3.05) is 7.11 Å². The van der Waals surface area contributed by atoms with Gasteiger partial charge in [0.15, 0.2) is 11.3 Å². The number of rotatable bonds is 3. The van der Waals surface area contributed by atoms with Gasteiger partial charge in [-0.2, -0.15) is 0 Å². The Hall–Kier alpha value is -2.28. The number of benzene rings is 1. The van der Waals surface area contributed by atoms with Gasteiger partial charge in [0.05, 0.1) is 13.4 Å². The van der Waals surface area contributed by atoms with Crippen molar-refractivity contribution in [1.82, 2.24) is 5.16 Å². The van der Waals surface area contributed by atoms with Crippen LogP contribution >= 0.6 is 15.9 Å². The maximum atomic E-state index is 10.8. The summed E-state index contributed by atoms with van der Waals surface area (Å²) in [6.07, 6.45) is 1.55. The number of furan rings is 1. The normalized spacial score (nSPS) is 10.9. The second-order valence-corrected chi connectivity index (χ2v) is 4.78. The average Bonchev–Trinajstić information content (AvgIpc) is 3.08. The highest BCUT2D eigenvalue weighted by molar-refractivity contribution is 9.10. The minimum Gasteiger partial charge on any atom is -0.493 e. The molecule has 0 saturated carbocycles. The first kappa shape index (κ1) is 12.7. The van der Waals surface area contributed by atoms with Gasteiger partial charge in [0, 0.05) is 21.5 Å². The number of carbonyl (C=O) groups is 1. The minimum absolute atomic E-state index is 0.224. The van der Waals surface area contributed by atoms with Crippen LogP contribution in [0.25, 0.3) is 22.2 Å². The van der Waals surface area contributed by atoms with E-state index in [9.17, 15) is 4.79 Å². The molecule has 2 aromatic heterocycles. The van der Waals surface area contributed by atoms with Crippen molar-refractivity contribution in [3.8, 4) is 17.0 Å². The van der Waals surface area contributed by atoms with Crippen LogP contribution in [0.2, 0.25) is 0 Å². The Kier molecular flexibility index (Phi) is 2.98. The van der Waals surface area contributed by atoms with Crippen LogP contribution in [0.1, 0.15) is 10.6 Å². The number of aromatic nitrogens is 1. The van der Waals surface area contributed by atoms with Gasteiger partial charge in [0.25, 0.3) is 0 Å². The standard InChI is InChI=1S/C13H8BrNO5/c1-18-9-4-7(8-5-10(13(16)17)20-15-8)11(14)6-2-3-19-12(6)9/h2-5H,1H3,(H,16,17). The van der Waals surface area contributed by atoms with Gasteiger partial charge >= 0.3 is 5.97 Å². The summed E-state index contributed by atoms with van der Waals surface area (Å²) in [5.41, 5.74) is 1.66. The number of carboxylic acid groups (broad SMARTS) is 1. The lowest BCUT2D eigenvalue weighted by Gasteiger charge is -2.06. The van der Waals surface area contributed by atoms with Gasteiger partial charge in [-0.1, -0.05) is 5.16 Å². The number of carboxylic acids is 1. The van der Waals surface area contributed by atoms with Gasteiger partial charge in [-0.25, -0.2) is 4.79 Å². The van der Waals surface area contributed by atoms with Crippen LogP contribution < -0.4 is 4.74 Å². The van der Waals surface area contributed by atoms with E-state index in [-0.39, 0.29) is 5.76 Å². The van der Waals surface area contributed by atoms with E-state index in [0.717, 1.165) is 9.86 Å². The number of nitrogens with zero attached hydrogens (tertiary/aromatic N) is 1. The summed E-state index contributed by atoms with van der Waals surface area (Å²) in [5.74, 6) is -0.863. The first-order valence-corrected chi connectivity index (χ1v) is 6.35. The number of hydrogen-bond acceptors (Lipinski definition) is 5. The van der Waals surface area contributed by atoms with Gasteiger partial charge < -0.3 is 18.8 Å². The van der Waals surface area contributed by atoms with Crippen LogP contribution in [0.15, 0.2) is 37.9 Å². The molecule has 0 aliphatic heterocycles. The molecule has 0 radical (unpaired) electrons. The molecule has 0 saturated heterocycles. The van der Waals surface area contributed by atoms with Crippen molar-refractivity contribution in [2.24, 2.45) is 0 Å². The molecule has 1 aromatic carbocycles. The zero-order valence-corrected chi connectivity index (χ0v) is 11.8. The van der Waals surface area contributed by atoms with E-state index >= 15 is 0 Å². The van der Waals surface area contributed by atoms with Gasteiger partial charge in [-0.15, -0.1) is 0 Å². The number of hydrogen-bond donors (Lipinski definition) is 1. The third-order valence-corrected chi connectivity index (χ3v) is 3.71. The monoisotopic (exact) mass is 337 g/mol. The molecule has 102 valence electrons. The molecule has 1 N–H and O–H groups in total. The molecule has 0 aliphatic carbocycles. The molecule has 0 atom stereocenters. The summed E-state index contributed by atoms with van der Waals surface area (Å²) in [4.78, 5) is 10.8. The Morgan fingerprint density at radius 1 is 1.45 bits per heavy atom. The van der Waals surface area contributed by atoms with Crippen molar-refractivity contribution >= 4 is 32.9 Å². The van der Waals surface area contributed by atoms with Crippen molar-refractivity contribution in [3.63, 3.8) is 0 Å². The lowest BCUT2D eigenvalue weighted by molar-refractivity contribution is 0.0652. The van der Waals surface area contributed by atoms with Gasteiger partial charge in [0.1, 0.15) is 5.69 Å². The highest BCUT2D eigenvalue weighted by Crippen LogP contribution is 2.40. The first-order chi connectivity index (χ1) is 9.61. The summed E-state index contributed by atoms with van der Waals surface area (Å²) in [7, 11) is 1.53. The molecule has 20 heavy (non-hydrogen) atoms. The number of ether oxygens (including phenoxy) is 1. The molecule has 7 heteroatoms. The maximum absolute atomic E-state index is 10.8. The van der Waals surface area contributed by atoms with E-state index in [1.165, 1.54) is 13.2 Å². The van der Waals surface area contributed by atoms with Gasteiger partial charge in [0.2, 0.25) is 5.76 Å². The van der Waals surface area contributed by atoms with Crippen molar-refractivity contribution in [1.29, 1.82) is 0 Å². The van der Waals surface area contributed by atoms with Crippen LogP contribution in [0.5, 0.6) is 5.75 Å². The number of methoxy groups -OCH3 is 1. The summed E-state index contributed by atoms with van der Waals surface area (Å²) in [6.45, 7) is 0. The maximum Gasteiger partial charge on any atom is 0.374 e. The Morgan fingerprint density at radius 2 is 2.25 bits per heavy atom. The molecule has 0 unspecified atom stereocenters. The molecule has 6 nitrogen and oxygen atoms in total. The zero-order chi connectivity index (χ0) is 14.3. The fraction of sp³-hybridized carbons (Fsp3) is 0.0769. The molecule has 0 bridgehead atoms. The molecule has 2 heterocycles. The fourth-order valence-corrected chi connectivity index (χ4v) is 2.55. The quantitative estimate of drug-likeness (QED) is 0.786. The second-order valence-electron chi connectivity index (χ2n) is 3.99. The second kappa shape index (κ2) is 4.68. The Balaban J connectivity index is 2.24. The van der Waals surface area contributed by atoms with E-state index in [4.69, 9.17) is 18.8 Å². The average molecular weight is 338 g/mol. The smallest absolute Gasteiger partial charge is 0.374 e. The summed E-state index contributed by atoms with van der Waals surface area (Å²) < 4.78 is 16.1. The fourth-order valence-electron chi connectivity index (χ4n) is 1.92. The lowest BCUT2D eigenvalue weighted by atomic mass is 10.1. The molecule has 3 aromatic rings. The first-order valence-electron chi connectivity index (χ1n) is 5.56. The van der Waals surface area contributed by atoms with Gasteiger partial charge in [-0.3, -0.25) is 0 Å². The van der Waals surface area contributed by atoms with E-state index in [1.54, 1.807) is 18.4 Å². The van der Waals surface area contributed by atoms with Crippen LogP contribution in [0, 0.1) is 0 Å². The minimum atomic E-state index is -1.17. The Labute approximate surface area is 121 Å². The van der Waals surface area contributed by atoms with Crippen molar-refractivity contribution in [2.45, 2.75) is 0 Å². The molecular formula is C13H8BrNO5. The lowest BCUT2D eigenvalue weighted by Crippen LogP contribution is -1.91. The van der Waals surface area contributed by atoms with Crippen LogP contribution in [0.4, 0.5) is 0 Å². The third kappa shape index (κ3) is 1.87. The van der Waals surface area contributed by atoms with E-state index in [2.05, 4.69) is 21.1 Å². The highest BCUT2D eigenvalue weighted by atomic mass is 79.9. The molecular weight excluding hydrogens is 330 g/mol. The molecule has 0 amide bonds. The van der Waals surface area contributed by atoms with E-state index in [0.29, 0.717) is 22.6 Å². The number of fused-ring (bicyclic) bond motifs is 1. The van der Waals surface area contributed by atoms with Crippen molar-refractivity contribution < 1.29 is 23.6 Å². The predicted octanol–water partition coefficient (Wildman–Crippen LogP) is 3.56. The SMILES string of the molecule is COc1cc(-c2cc(C(=O)O)on2)c(Br)c2ccoc12. The number of aromatic carboxylic acids is 1. The Morgan fingerprint density at radius 3 is 2.90 bits per heavy atom. The third-order valence-electron chi connectivity index (χ3n) is 2.85. The number of halogens is 1. The summed E-state index contributed by atoms with van der Waals surface area (Å²) in [5, 5.41) is 13.4. The molecule has 0 aliphatic rings. The Bertz CT molecular complexity index is 804. The van der Waals surface area contributed by atoms with E-state index in [1.807, 2.05) is 0 Å². The zero-order valence-electron chi connectivity index (χ0n) is 10.2. The van der Waals surface area contributed by atoms with Crippen LogP contribution in [0.3, 0.4) is 0 Å². The predicted molar refractivity (Wildman–Crippen MR) is 72.9 cm³/mol. The van der Waals surface area contributed by atoms with Crippen LogP contribution in [-0.2, 0) is 0 Å². The topological polar surface area (TPSA) is 85.7 Å². The van der Waals surface area contributed by atoms with Crippen molar-refractivity contribution in [3.05, 3.63) is 34.7 Å². The molecule has 0 spiro atoms. The van der Waals surface area contributed by atoms with Crippen LogP contribution in [-0.4, -0.2) is 23.3 Å². The van der Waals surface area contributed by atoms with Gasteiger partial charge in [-0.05, 0) is 28.1 Å².